The molecule has 0 bridgehead atoms. The summed E-state index contributed by atoms with van der Waals surface area (Å²) in [5.74, 6) is 0.353. The summed E-state index contributed by atoms with van der Waals surface area (Å²) in [5.41, 5.74) is -0.505. The van der Waals surface area contributed by atoms with Crippen LogP contribution in [-0.2, 0) is 11.3 Å². The Balaban J connectivity index is 2.41. The van der Waals surface area contributed by atoms with Crippen molar-refractivity contribution in [3.63, 3.8) is 0 Å². The van der Waals surface area contributed by atoms with Crippen molar-refractivity contribution >= 4 is 23.2 Å². The maximum atomic E-state index is 11.3. The number of nitrogens with one attached hydrogen (secondary N) is 1. The smallest absolute Gasteiger partial charge is 0.408 e. The monoisotopic (exact) mass is 239 g/mol. The molecule has 0 atom stereocenters. The molecule has 0 aromatic carbocycles. The van der Waals surface area contributed by atoms with Gasteiger partial charge in [0, 0.05) is 5.38 Å². The fraction of sp³-hybridized carbons (Fsp3) is 0.500. The molecule has 5 nitrogen and oxygen atoms in total. The van der Waals surface area contributed by atoms with Gasteiger partial charge in [-0.3, -0.25) is 0 Å². The van der Waals surface area contributed by atoms with Crippen molar-refractivity contribution in [2.45, 2.75) is 32.9 Å². The van der Waals surface area contributed by atoms with Crippen molar-refractivity contribution < 1.29 is 9.53 Å². The summed E-state index contributed by atoms with van der Waals surface area (Å²) in [6.45, 7) is 12.4. The Morgan fingerprint density at radius 1 is 1.69 bits per heavy atom. The Bertz CT molecular complexity index is 414. The molecular weight excluding hydrogens is 226 g/mol. The zero-order valence-electron chi connectivity index (χ0n) is 9.40. The molecule has 0 spiro atoms. The number of ether oxygens (including phenoxy) is 1. The second kappa shape index (κ2) is 4.94. The Hall–Kier alpha value is -1.61. The minimum Gasteiger partial charge on any atom is -0.444 e. The highest BCUT2D eigenvalue weighted by molar-refractivity contribution is 7.10. The number of thiazole rings is 1. The van der Waals surface area contributed by atoms with Crippen molar-refractivity contribution in [3.05, 3.63) is 21.8 Å². The van der Waals surface area contributed by atoms with E-state index < -0.39 is 11.7 Å². The van der Waals surface area contributed by atoms with Crippen LogP contribution in [0.1, 0.15) is 25.8 Å². The van der Waals surface area contributed by atoms with Crippen LogP contribution in [0.25, 0.3) is 4.85 Å². The molecule has 1 heterocycles. The quantitative estimate of drug-likeness (QED) is 0.807. The highest BCUT2D eigenvalue weighted by atomic mass is 32.1. The van der Waals surface area contributed by atoms with E-state index in [9.17, 15) is 4.79 Å². The van der Waals surface area contributed by atoms with Crippen LogP contribution in [0, 0.1) is 6.57 Å². The highest BCUT2D eigenvalue weighted by Gasteiger charge is 2.16. The van der Waals surface area contributed by atoms with Crippen LogP contribution in [0.5, 0.6) is 0 Å². The number of hydrogen-bond acceptors (Lipinski definition) is 4. The summed E-state index contributed by atoms with van der Waals surface area (Å²) >= 11 is 1.34. The molecule has 1 rings (SSSR count). The molecule has 6 heteroatoms. The first kappa shape index (κ1) is 12.5. The van der Waals surface area contributed by atoms with Crippen molar-refractivity contribution in [1.29, 1.82) is 0 Å². The third kappa shape index (κ3) is 4.28. The molecule has 0 aliphatic carbocycles. The van der Waals surface area contributed by atoms with Gasteiger partial charge < -0.3 is 14.9 Å². The number of rotatable bonds is 2. The number of amides is 1. The van der Waals surface area contributed by atoms with Crippen LogP contribution in [0.2, 0.25) is 0 Å². The Labute approximate surface area is 98.3 Å². The van der Waals surface area contributed by atoms with E-state index in [4.69, 9.17) is 11.3 Å². The number of alkyl carbamates (subject to hydrolysis) is 1. The maximum absolute atomic E-state index is 11.3. The van der Waals surface area contributed by atoms with E-state index in [2.05, 4.69) is 15.1 Å². The van der Waals surface area contributed by atoms with Gasteiger partial charge in [0.15, 0.2) is 0 Å². The van der Waals surface area contributed by atoms with Gasteiger partial charge in [-0.1, -0.05) is 6.57 Å². The molecule has 0 radical (unpaired) electrons. The summed E-state index contributed by atoms with van der Waals surface area (Å²) in [6.07, 6.45) is -0.480. The molecule has 1 N–H and O–H groups in total. The number of carbonyl (C=O) groups excluding carboxylic acids is 1. The Morgan fingerprint density at radius 3 is 2.88 bits per heavy atom. The predicted octanol–water partition coefficient (Wildman–Crippen LogP) is 2.72. The van der Waals surface area contributed by atoms with Crippen LogP contribution in [-0.4, -0.2) is 16.7 Å². The SMILES string of the molecule is [C-]#[N+]c1csc(CNC(=O)OC(C)(C)C)n1. The first-order chi connectivity index (χ1) is 7.40. The van der Waals surface area contributed by atoms with Gasteiger partial charge in [-0.25, -0.2) is 4.79 Å². The largest absolute Gasteiger partial charge is 0.444 e. The van der Waals surface area contributed by atoms with Crippen LogP contribution in [0.4, 0.5) is 10.6 Å². The van der Waals surface area contributed by atoms with Gasteiger partial charge >= 0.3 is 6.09 Å². The third-order valence-corrected chi connectivity index (χ3v) is 2.27. The van der Waals surface area contributed by atoms with Gasteiger partial charge in [-0.05, 0) is 20.8 Å². The van der Waals surface area contributed by atoms with E-state index in [-0.39, 0.29) is 6.54 Å². The zero-order chi connectivity index (χ0) is 12.2. The molecule has 1 aromatic rings. The maximum Gasteiger partial charge on any atom is 0.408 e. The first-order valence-electron chi connectivity index (χ1n) is 4.69. The van der Waals surface area contributed by atoms with E-state index in [0.717, 1.165) is 0 Å². The number of hydrogen-bond donors (Lipinski definition) is 1. The lowest BCUT2D eigenvalue weighted by atomic mass is 10.2. The topological polar surface area (TPSA) is 55.6 Å². The fourth-order valence-corrected chi connectivity index (χ4v) is 1.54. The molecular formula is C10H13N3O2S. The Kier molecular flexibility index (Phi) is 3.85. The van der Waals surface area contributed by atoms with Crippen molar-refractivity contribution in [2.24, 2.45) is 0 Å². The molecule has 0 saturated heterocycles. The molecule has 86 valence electrons. The molecule has 1 amide bonds. The van der Waals surface area contributed by atoms with Crippen molar-refractivity contribution in [1.82, 2.24) is 10.3 Å². The molecule has 16 heavy (non-hydrogen) atoms. The predicted molar refractivity (Wildman–Crippen MR) is 61.4 cm³/mol. The zero-order valence-corrected chi connectivity index (χ0v) is 10.2. The molecule has 0 fully saturated rings. The van der Waals surface area contributed by atoms with Gasteiger partial charge in [0.05, 0.1) is 6.54 Å². The molecule has 0 unspecified atom stereocenters. The van der Waals surface area contributed by atoms with E-state index in [1.54, 1.807) is 26.2 Å². The van der Waals surface area contributed by atoms with Crippen molar-refractivity contribution in [2.75, 3.05) is 0 Å². The number of carbonyl (C=O) groups is 1. The second-order valence-corrected chi connectivity index (χ2v) is 5.01. The van der Waals surface area contributed by atoms with E-state index >= 15 is 0 Å². The first-order valence-corrected chi connectivity index (χ1v) is 5.57. The van der Waals surface area contributed by atoms with Gasteiger partial charge in [-0.2, -0.15) is 0 Å². The van der Waals surface area contributed by atoms with Crippen LogP contribution >= 0.6 is 11.3 Å². The fourth-order valence-electron chi connectivity index (χ4n) is 0.896. The standard InChI is InChI=1S/C10H13N3O2S/c1-10(2,3)15-9(14)12-5-8-13-7(11-4)6-16-8/h6H,5H2,1-3H3,(H,12,14). The third-order valence-electron chi connectivity index (χ3n) is 1.44. The summed E-state index contributed by atoms with van der Waals surface area (Å²) in [6, 6.07) is 0. The van der Waals surface area contributed by atoms with Crippen LogP contribution in [0.3, 0.4) is 0 Å². The molecule has 0 saturated carbocycles. The number of nitrogens with zero attached hydrogens (tertiary/aromatic N) is 2. The molecule has 0 aliphatic rings. The summed E-state index contributed by atoms with van der Waals surface area (Å²) in [4.78, 5) is 18.5. The lowest BCUT2D eigenvalue weighted by molar-refractivity contribution is 0.0523. The normalized spacial score (nSPS) is 10.6. The summed E-state index contributed by atoms with van der Waals surface area (Å²) in [5, 5.41) is 4.92. The van der Waals surface area contributed by atoms with Gasteiger partial charge in [0.1, 0.15) is 5.60 Å². The highest BCUT2D eigenvalue weighted by Crippen LogP contribution is 2.16. The molecule has 1 aromatic heterocycles. The second-order valence-electron chi connectivity index (χ2n) is 4.07. The van der Waals surface area contributed by atoms with E-state index in [1.807, 2.05) is 0 Å². The van der Waals surface area contributed by atoms with Gasteiger partial charge in [-0.15, -0.1) is 16.3 Å². The van der Waals surface area contributed by atoms with E-state index in [0.29, 0.717) is 10.8 Å². The lowest BCUT2D eigenvalue weighted by Gasteiger charge is -2.19. The van der Waals surface area contributed by atoms with Gasteiger partial charge in [0.2, 0.25) is 5.01 Å². The molecule has 0 aliphatic heterocycles. The minimum atomic E-state index is -0.505. The van der Waals surface area contributed by atoms with Crippen molar-refractivity contribution in [3.8, 4) is 0 Å². The Morgan fingerprint density at radius 2 is 2.38 bits per heavy atom. The lowest BCUT2D eigenvalue weighted by Crippen LogP contribution is -2.32. The van der Waals surface area contributed by atoms with Gasteiger partial charge in [0.25, 0.3) is 5.82 Å². The van der Waals surface area contributed by atoms with E-state index in [1.165, 1.54) is 11.3 Å². The van der Waals surface area contributed by atoms with Crippen LogP contribution in [0.15, 0.2) is 5.38 Å². The summed E-state index contributed by atoms with van der Waals surface area (Å²) in [7, 11) is 0. The average Bonchev–Trinajstić information content (AvgIpc) is 2.59. The average molecular weight is 239 g/mol. The van der Waals surface area contributed by atoms with Crippen LogP contribution < -0.4 is 5.32 Å². The number of aromatic nitrogens is 1. The minimum absolute atomic E-state index is 0.287. The summed E-state index contributed by atoms with van der Waals surface area (Å²) < 4.78 is 5.06.